The molecular formula is C19H23N5O2. The third kappa shape index (κ3) is 3.10. The van der Waals surface area contributed by atoms with Crippen LogP contribution < -0.4 is 5.32 Å². The molecule has 1 N–H and O–H groups in total. The van der Waals surface area contributed by atoms with Crippen molar-refractivity contribution in [2.45, 2.75) is 45.8 Å². The molecule has 0 aliphatic carbocycles. The number of rotatable bonds is 5. The quantitative estimate of drug-likeness (QED) is 0.765. The molecule has 1 atom stereocenters. The molecule has 26 heavy (non-hydrogen) atoms. The second-order valence-electron chi connectivity index (χ2n) is 6.63. The molecule has 0 radical (unpaired) electrons. The zero-order valence-corrected chi connectivity index (χ0v) is 15.1. The molecule has 1 aromatic carbocycles. The Labute approximate surface area is 152 Å². The summed E-state index contributed by atoms with van der Waals surface area (Å²) < 4.78 is 9.69. The van der Waals surface area contributed by atoms with Gasteiger partial charge in [0.2, 0.25) is 11.9 Å². The lowest BCUT2D eigenvalue weighted by Crippen LogP contribution is -2.20. The van der Waals surface area contributed by atoms with Crippen molar-refractivity contribution < 1.29 is 9.53 Å². The maximum Gasteiger partial charge on any atom is 0.233 e. The van der Waals surface area contributed by atoms with Crippen LogP contribution in [0.5, 0.6) is 0 Å². The number of anilines is 1. The molecule has 2 aromatic heterocycles. The Morgan fingerprint density at radius 1 is 1.38 bits per heavy atom. The zero-order chi connectivity index (χ0) is 18.1. The summed E-state index contributed by atoms with van der Waals surface area (Å²) >= 11 is 0. The summed E-state index contributed by atoms with van der Waals surface area (Å²) in [6, 6.07) is 9.90. The summed E-state index contributed by atoms with van der Waals surface area (Å²) in [5.74, 6) is 1.28. The molecule has 1 saturated heterocycles. The predicted molar refractivity (Wildman–Crippen MR) is 99.5 cm³/mol. The first-order valence-corrected chi connectivity index (χ1v) is 9.09. The lowest BCUT2D eigenvalue weighted by molar-refractivity contribution is -0.115. The van der Waals surface area contributed by atoms with Gasteiger partial charge in [-0.3, -0.25) is 4.79 Å². The zero-order valence-electron chi connectivity index (χ0n) is 15.1. The number of benzene rings is 1. The highest BCUT2D eigenvalue weighted by molar-refractivity contribution is 5.90. The number of hydrogen-bond acceptors (Lipinski definition) is 4. The standard InChI is InChI=1S/C19H23N5O2/c1-3-18(25)21-17-11-13(2)22-24(17)19-20-15-8-4-5-9-16(15)23(19)12-14-7-6-10-26-14/h4-5,8-9,11,14H,3,6-7,10,12H2,1-2H3,(H,21,25). The van der Waals surface area contributed by atoms with Gasteiger partial charge in [0.25, 0.3) is 0 Å². The molecule has 4 rings (SSSR count). The number of aryl methyl sites for hydroxylation is 1. The van der Waals surface area contributed by atoms with Crippen LogP contribution in [0.3, 0.4) is 0 Å². The minimum Gasteiger partial charge on any atom is -0.376 e. The van der Waals surface area contributed by atoms with E-state index >= 15 is 0 Å². The summed E-state index contributed by atoms with van der Waals surface area (Å²) in [7, 11) is 0. The van der Waals surface area contributed by atoms with Crippen molar-refractivity contribution in [2.75, 3.05) is 11.9 Å². The van der Waals surface area contributed by atoms with Crippen LogP contribution in [0.15, 0.2) is 30.3 Å². The smallest absolute Gasteiger partial charge is 0.233 e. The number of nitrogens with one attached hydrogen (secondary N) is 1. The van der Waals surface area contributed by atoms with Crippen LogP contribution >= 0.6 is 0 Å². The Morgan fingerprint density at radius 2 is 2.23 bits per heavy atom. The van der Waals surface area contributed by atoms with Gasteiger partial charge in [-0.05, 0) is 31.9 Å². The summed E-state index contributed by atoms with van der Waals surface area (Å²) in [6.07, 6.45) is 2.72. The second kappa shape index (κ2) is 6.92. The van der Waals surface area contributed by atoms with E-state index < -0.39 is 0 Å². The van der Waals surface area contributed by atoms with E-state index in [4.69, 9.17) is 9.72 Å². The largest absolute Gasteiger partial charge is 0.376 e. The first kappa shape index (κ1) is 16.8. The van der Waals surface area contributed by atoms with Crippen molar-refractivity contribution in [2.24, 2.45) is 0 Å². The average molecular weight is 353 g/mol. The van der Waals surface area contributed by atoms with Gasteiger partial charge < -0.3 is 14.6 Å². The van der Waals surface area contributed by atoms with Crippen molar-refractivity contribution in [3.8, 4) is 5.95 Å². The average Bonchev–Trinajstić information content (AvgIpc) is 3.35. The van der Waals surface area contributed by atoms with Crippen molar-refractivity contribution >= 4 is 22.8 Å². The van der Waals surface area contributed by atoms with Crippen LogP contribution in [0.2, 0.25) is 0 Å². The van der Waals surface area contributed by atoms with Gasteiger partial charge in [0.15, 0.2) is 0 Å². The first-order valence-electron chi connectivity index (χ1n) is 9.09. The fraction of sp³-hybridized carbons (Fsp3) is 0.421. The van der Waals surface area contributed by atoms with Gasteiger partial charge in [-0.25, -0.2) is 4.98 Å². The number of carbonyl (C=O) groups excluding carboxylic acids is 1. The molecule has 7 nitrogen and oxygen atoms in total. The number of hydrogen-bond donors (Lipinski definition) is 1. The molecule has 1 unspecified atom stereocenters. The lowest BCUT2D eigenvalue weighted by atomic mass is 10.2. The Kier molecular flexibility index (Phi) is 4.46. The van der Waals surface area contributed by atoms with Crippen LogP contribution in [-0.4, -0.2) is 37.9 Å². The number of ether oxygens (including phenoxy) is 1. The normalized spacial score (nSPS) is 17.1. The minimum absolute atomic E-state index is 0.0482. The third-order valence-corrected chi connectivity index (χ3v) is 4.65. The minimum atomic E-state index is -0.0482. The SMILES string of the molecule is CCC(=O)Nc1cc(C)nn1-c1nc2ccccc2n1CC1CCCO1. The Morgan fingerprint density at radius 3 is 3.00 bits per heavy atom. The maximum atomic E-state index is 11.9. The lowest BCUT2D eigenvalue weighted by Gasteiger charge is -2.15. The molecule has 1 amide bonds. The molecule has 1 aliphatic rings. The van der Waals surface area contributed by atoms with Crippen LogP contribution in [0, 0.1) is 6.92 Å². The molecule has 1 fully saturated rings. The van der Waals surface area contributed by atoms with Crippen molar-refractivity contribution in [1.29, 1.82) is 0 Å². The van der Waals surface area contributed by atoms with Gasteiger partial charge in [-0.15, -0.1) is 0 Å². The molecule has 1 aliphatic heterocycles. The van der Waals surface area contributed by atoms with Crippen LogP contribution in [-0.2, 0) is 16.1 Å². The highest BCUT2D eigenvalue weighted by Crippen LogP contribution is 2.25. The summed E-state index contributed by atoms with van der Waals surface area (Å²) in [4.78, 5) is 16.7. The fourth-order valence-electron chi connectivity index (χ4n) is 3.37. The Balaban J connectivity index is 1.82. The maximum absolute atomic E-state index is 11.9. The van der Waals surface area contributed by atoms with Gasteiger partial charge in [0.1, 0.15) is 5.82 Å². The van der Waals surface area contributed by atoms with E-state index in [-0.39, 0.29) is 12.0 Å². The molecular weight excluding hydrogens is 330 g/mol. The molecule has 0 bridgehead atoms. The molecule has 0 spiro atoms. The van der Waals surface area contributed by atoms with Gasteiger partial charge in [0, 0.05) is 19.1 Å². The van der Waals surface area contributed by atoms with Gasteiger partial charge >= 0.3 is 0 Å². The van der Waals surface area contributed by atoms with Crippen LogP contribution in [0.1, 0.15) is 31.9 Å². The number of imidazole rings is 1. The number of amides is 1. The van der Waals surface area contributed by atoms with Crippen molar-refractivity contribution in [1.82, 2.24) is 19.3 Å². The van der Waals surface area contributed by atoms with E-state index in [2.05, 4.69) is 21.0 Å². The summed E-state index contributed by atoms with van der Waals surface area (Å²) in [5.41, 5.74) is 2.77. The van der Waals surface area contributed by atoms with Crippen LogP contribution in [0.4, 0.5) is 5.82 Å². The number of aromatic nitrogens is 4. The van der Waals surface area contributed by atoms with Crippen molar-refractivity contribution in [3.63, 3.8) is 0 Å². The second-order valence-corrected chi connectivity index (χ2v) is 6.63. The van der Waals surface area contributed by atoms with E-state index in [0.717, 1.165) is 42.7 Å². The third-order valence-electron chi connectivity index (χ3n) is 4.65. The van der Waals surface area contributed by atoms with Gasteiger partial charge in [-0.1, -0.05) is 19.1 Å². The molecule has 0 saturated carbocycles. The number of para-hydroxylation sites is 2. The molecule has 7 heteroatoms. The summed E-state index contributed by atoms with van der Waals surface area (Å²) in [5, 5.41) is 7.50. The monoisotopic (exact) mass is 353 g/mol. The number of nitrogens with zero attached hydrogens (tertiary/aromatic N) is 4. The van der Waals surface area contributed by atoms with E-state index in [1.807, 2.05) is 38.1 Å². The molecule has 136 valence electrons. The van der Waals surface area contributed by atoms with E-state index in [0.29, 0.717) is 18.2 Å². The molecule has 3 heterocycles. The van der Waals surface area contributed by atoms with E-state index in [1.54, 1.807) is 4.68 Å². The van der Waals surface area contributed by atoms with E-state index in [1.165, 1.54) is 0 Å². The molecule has 3 aromatic rings. The number of carbonyl (C=O) groups is 1. The topological polar surface area (TPSA) is 74.0 Å². The van der Waals surface area contributed by atoms with Gasteiger partial charge in [0.05, 0.1) is 29.4 Å². The number of fused-ring (bicyclic) bond motifs is 1. The Bertz CT molecular complexity index is 937. The predicted octanol–water partition coefficient (Wildman–Crippen LogP) is 3.06. The van der Waals surface area contributed by atoms with Crippen LogP contribution in [0.25, 0.3) is 17.0 Å². The highest BCUT2D eigenvalue weighted by Gasteiger charge is 2.22. The van der Waals surface area contributed by atoms with Crippen molar-refractivity contribution in [3.05, 3.63) is 36.0 Å². The summed E-state index contributed by atoms with van der Waals surface area (Å²) in [6.45, 7) is 5.27. The fourth-order valence-corrected chi connectivity index (χ4v) is 3.37. The first-order chi connectivity index (χ1) is 12.7. The highest BCUT2D eigenvalue weighted by atomic mass is 16.5. The van der Waals surface area contributed by atoms with Gasteiger partial charge in [-0.2, -0.15) is 9.78 Å². The van der Waals surface area contributed by atoms with E-state index in [9.17, 15) is 4.79 Å². The Hall–Kier alpha value is -2.67.